The van der Waals surface area contributed by atoms with Crippen LogP contribution in [0.25, 0.3) is 0 Å². The zero-order valence-corrected chi connectivity index (χ0v) is 27.0. The quantitative estimate of drug-likeness (QED) is 0.530. The van der Waals surface area contributed by atoms with Gasteiger partial charge in [0.2, 0.25) is 5.91 Å². The van der Waals surface area contributed by atoms with E-state index < -0.39 is 5.60 Å². The van der Waals surface area contributed by atoms with Gasteiger partial charge in [-0.25, -0.2) is 4.79 Å². The maximum atomic E-state index is 13.6. The number of morpholine rings is 1. The summed E-state index contributed by atoms with van der Waals surface area (Å²) >= 11 is 0. The second-order valence-corrected chi connectivity index (χ2v) is 14.6. The summed E-state index contributed by atoms with van der Waals surface area (Å²) in [5.41, 5.74) is 1.69. The van der Waals surface area contributed by atoms with Crippen molar-refractivity contribution in [3.05, 3.63) is 23.8 Å². The average molecular weight is 597 g/mol. The van der Waals surface area contributed by atoms with Crippen LogP contribution < -0.4 is 10.1 Å². The van der Waals surface area contributed by atoms with E-state index in [4.69, 9.17) is 14.2 Å². The van der Waals surface area contributed by atoms with Crippen molar-refractivity contribution >= 4 is 17.7 Å². The Labute approximate surface area is 257 Å². The molecule has 9 heteroatoms. The topological polar surface area (TPSA) is 83.6 Å². The number of rotatable bonds is 4. The van der Waals surface area contributed by atoms with Gasteiger partial charge in [0.05, 0.1) is 32.4 Å². The lowest BCUT2D eigenvalue weighted by Gasteiger charge is -2.66. The first-order valence-electron chi connectivity index (χ1n) is 16.6. The van der Waals surface area contributed by atoms with Gasteiger partial charge in [-0.15, -0.1) is 0 Å². The Balaban J connectivity index is 1.46. The monoisotopic (exact) mass is 596 g/mol. The molecule has 6 rings (SSSR count). The molecule has 9 nitrogen and oxygen atoms in total. The Morgan fingerprint density at radius 1 is 1.05 bits per heavy atom. The van der Waals surface area contributed by atoms with Crippen LogP contribution >= 0.6 is 0 Å². The van der Waals surface area contributed by atoms with Crippen LogP contribution in [0.1, 0.15) is 78.2 Å². The van der Waals surface area contributed by atoms with Crippen molar-refractivity contribution < 1.29 is 23.8 Å². The maximum Gasteiger partial charge on any atom is 0.410 e. The molecule has 238 valence electrons. The SMILES string of the molecule is COc1ccc2c(c1)NC1[C@H](CN3CCOCC3)N(C(C)=O)CC3(CCN(C(=O)OC(C)(C)C)CC3)C21C1CCCCC1. The van der Waals surface area contributed by atoms with E-state index in [1.807, 2.05) is 25.7 Å². The Morgan fingerprint density at radius 3 is 2.37 bits per heavy atom. The molecule has 1 saturated carbocycles. The predicted molar refractivity (Wildman–Crippen MR) is 167 cm³/mol. The van der Waals surface area contributed by atoms with Crippen molar-refractivity contribution in [2.75, 3.05) is 64.9 Å². The molecule has 0 bridgehead atoms. The first kappa shape index (κ1) is 30.5. The number of piperidine rings is 2. The highest BCUT2D eigenvalue weighted by atomic mass is 16.6. The molecule has 1 aromatic rings. The molecule has 1 N–H and O–H groups in total. The highest BCUT2D eigenvalue weighted by molar-refractivity contribution is 5.76. The predicted octanol–water partition coefficient (Wildman–Crippen LogP) is 4.89. The summed E-state index contributed by atoms with van der Waals surface area (Å²) in [6.07, 6.45) is 7.64. The van der Waals surface area contributed by atoms with E-state index in [0.29, 0.717) is 19.0 Å². The first-order valence-corrected chi connectivity index (χ1v) is 16.6. The number of carbonyl (C=O) groups is 2. The van der Waals surface area contributed by atoms with Crippen LogP contribution in [0.3, 0.4) is 0 Å². The molecule has 4 fully saturated rings. The largest absolute Gasteiger partial charge is 0.497 e. The third kappa shape index (κ3) is 5.39. The van der Waals surface area contributed by atoms with E-state index in [9.17, 15) is 9.59 Å². The van der Waals surface area contributed by atoms with Crippen LogP contribution in [0.5, 0.6) is 5.75 Å². The van der Waals surface area contributed by atoms with E-state index >= 15 is 0 Å². The van der Waals surface area contributed by atoms with Crippen molar-refractivity contribution in [3.63, 3.8) is 0 Å². The van der Waals surface area contributed by atoms with Crippen molar-refractivity contribution in [3.8, 4) is 5.75 Å². The summed E-state index contributed by atoms with van der Waals surface area (Å²) in [5, 5.41) is 4.07. The number of nitrogens with one attached hydrogen (secondary N) is 1. The van der Waals surface area contributed by atoms with Gasteiger partial charge in [-0.05, 0) is 64.0 Å². The summed E-state index contributed by atoms with van der Waals surface area (Å²) in [6.45, 7) is 13.6. The van der Waals surface area contributed by atoms with Crippen LogP contribution in [-0.4, -0.2) is 104 Å². The van der Waals surface area contributed by atoms with Gasteiger partial charge in [-0.1, -0.05) is 25.3 Å². The average Bonchev–Trinajstić information content (AvgIpc) is 3.35. The van der Waals surface area contributed by atoms with Gasteiger partial charge < -0.3 is 29.3 Å². The Bertz CT molecular complexity index is 1180. The second-order valence-electron chi connectivity index (χ2n) is 14.6. The number of likely N-dealkylation sites (tertiary alicyclic amines) is 2. The second kappa shape index (κ2) is 11.8. The lowest BCUT2D eigenvalue weighted by atomic mass is 9.44. The number of ether oxygens (including phenoxy) is 3. The molecular formula is C34H52N4O5. The van der Waals surface area contributed by atoms with Gasteiger partial charge in [-0.2, -0.15) is 0 Å². The zero-order valence-electron chi connectivity index (χ0n) is 27.0. The molecule has 4 heterocycles. The molecule has 1 aromatic carbocycles. The first-order chi connectivity index (χ1) is 20.6. The van der Waals surface area contributed by atoms with Gasteiger partial charge in [0.1, 0.15) is 11.4 Å². The number of anilines is 1. The third-order valence-corrected chi connectivity index (χ3v) is 11.2. The van der Waals surface area contributed by atoms with Crippen molar-refractivity contribution in [1.82, 2.24) is 14.7 Å². The van der Waals surface area contributed by atoms with Crippen LogP contribution in [0.15, 0.2) is 18.2 Å². The number of fused-ring (bicyclic) bond motifs is 4. The lowest BCUT2D eigenvalue weighted by molar-refractivity contribution is -0.151. The molecule has 1 aliphatic carbocycles. The molecule has 3 atom stereocenters. The van der Waals surface area contributed by atoms with Crippen molar-refractivity contribution in [2.24, 2.45) is 11.3 Å². The zero-order chi connectivity index (χ0) is 30.4. The number of benzene rings is 1. The number of hydrogen-bond acceptors (Lipinski definition) is 7. The van der Waals surface area contributed by atoms with E-state index in [1.165, 1.54) is 37.7 Å². The third-order valence-electron chi connectivity index (χ3n) is 11.2. The fraction of sp³-hybridized carbons (Fsp3) is 0.765. The van der Waals surface area contributed by atoms with E-state index in [1.54, 1.807) is 14.0 Å². The molecule has 0 aromatic heterocycles. The molecular weight excluding hydrogens is 544 g/mol. The van der Waals surface area contributed by atoms with Gasteiger partial charge >= 0.3 is 6.09 Å². The Kier molecular flexibility index (Phi) is 8.35. The minimum atomic E-state index is -0.531. The van der Waals surface area contributed by atoms with E-state index in [0.717, 1.165) is 63.7 Å². The van der Waals surface area contributed by atoms with Gasteiger partial charge in [0.25, 0.3) is 0 Å². The van der Waals surface area contributed by atoms with Crippen LogP contribution in [0.2, 0.25) is 0 Å². The molecule has 5 aliphatic rings. The number of hydrogen-bond donors (Lipinski definition) is 1. The maximum absolute atomic E-state index is 13.6. The normalized spacial score (nSPS) is 29.5. The van der Waals surface area contributed by atoms with Crippen LogP contribution in [0, 0.1) is 11.3 Å². The van der Waals surface area contributed by atoms with Gasteiger partial charge in [0.15, 0.2) is 0 Å². The summed E-state index contributed by atoms with van der Waals surface area (Å²) in [6, 6.07) is 6.74. The summed E-state index contributed by atoms with van der Waals surface area (Å²) in [5.74, 6) is 1.49. The minimum absolute atomic E-state index is 0.0328. The van der Waals surface area contributed by atoms with Gasteiger partial charge in [-0.3, -0.25) is 9.69 Å². The smallest absolute Gasteiger partial charge is 0.410 e. The molecule has 3 saturated heterocycles. The molecule has 1 spiro atoms. The van der Waals surface area contributed by atoms with Crippen molar-refractivity contribution in [2.45, 2.75) is 95.7 Å². The Morgan fingerprint density at radius 2 is 1.74 bits per heavy atom. The van der Waals surface area contributed by atoms with Crippen molar-refractivity contribution in [1.29, 1.82) is 0 Å². The minimum Gasteiger partial charge on any atom is -0.497 e. The van der Waals surface area contributed by atoms with Crippen LogP contribution in [-0.2, 0) is 19.7 Å². The molecule has 0 radical (unpaired) electrons. The molecule has 43 heavy (non-hydrogen) atoms. The van der Waals surface area contributed by atoms with Gasteiger partial charge in [0, 0.05) is 68.8 Å². The van der Waals surface area contributed by atoms with E-state index in [-0.39, 0.29) is 34.9 Å². The standard InChI is InChI=1S/C34H52N4O5/c1-24(39)38-23-33(13-15-37(16-14-33)31(40)43-32(2,3)4)34(25-9-7-6-8-10-25)27-12-11-26(41-5)21-28(27)35-30(34)29(38)22-36-17-19-42-20-18-36/h11-12,21,25,29-30,35H,6-10,13-20,22-23H2,1-5H3/t29-,30?,34?/m0/s1. The lowest BCUT2D eigenvalue weighted by Crippen LogP contribution is -2.75. The van der Waals surface area contributed by atoms with E-state index in [2.05, 4.69) is 33.3 Å². The number of carbonyl (C=O) groups excluding carboxylic acids is 2. The number of amides is 2. The molecule has 2 amide bonds. The fourth-order valence-electron chi connectivity index (χ4n) is 9.43. The molecule has 4 aliphatic heterocycles. The summed E-state index contributed by atoms with van der Waals surface area (Å²) < 4.78 is 17.2. The summed E-state index contributed by atoms with van der Waals surface area (Å²) in [7, 11) is 1.73. The van der Waals surface area contributed by atoms with Crippen LogP contribution in [0.4, 0.5) is 10.5 Å². The summed E-state index contributed by atoms with van der Waals surface area (Å²) in [4.78, 5) is 33.4. The molecule has 2 unspecified atom stereocenters. The fourth-order valence-corrected chi connectivity index (χ4v) is 9.43. The number of nitrogens with zero attached hydrogens (tertiary/aromatic N) is 3. The highest BCUT2D eigenvalue weighted by Crippen LogP contribution is 2.66. The number of methoxy groups -OCH3 is 1. The Hall–Kier alpha value is -2.52. The highest BCUT2D eigenvalue weighted by Gasteiger charge is 2.69.